The molecule has 1 saturated carbocycles. The summed E-state index contributed by atoms with van der Waals surface area (Å²) in [6.45, 7) is 4.61. The van der Waals surface area contributed by atoms with E-state index in [1.54, 1.807) is 0 Å². The average Bonchev–Trinajstić information content (AvgIpc) is 2.53. The summed E-state index contributed by atoms with van der Waals surface area (Å²) in [5, 5.41) is 0. The molecule has 0 spiro atoms. The number of nitrogens with zero attached hydrogens (tertiary/aromatic N) is 1. The van der Waals surface area contributed by atoms with Crippen LogP contribution >= 0.6 is 0 Å². The zero-order valence-electron chi connectivity index (χ0n) is 8.76. The van der Waals surface area contributed by atoms with Gasteiger partial charge in [0.25, 0.3) is 0 Å². The van der Waals surface area contributed by atoms with E-state index in [1.807, 2.05) is 0 Å². The SMILES string of the molecule is CC1(N)CCCN(C2CCCC2)C1. The Hall–Kier alpha value is -0.0800. The number of piperidine rings is 1. The summed E-state index contributed by atoms with van der Waals surface area (Å²) >= 11 is 0. The topological polar surface area (TPSA) is 29.3 Å². The van der Waals surface area contributed by atoms with E-state index < -0.39 is 0 Å². The van der Waals surface area contributed by atoms with E-state index in [-0.39, 0.29) is 5.54 Å². The first-order valence-electron chi connectivity index (χ1n) is 5.70. The number of nitrogens with two attached hydrogens (primary N) is 1. The lowest BCUT2D eigenvalue weighted by molar-refractivity contribution is 0.114. The smallest absolute Gasteiger partial charge is 0.0255 e. The van der Waals surface area contributed by atoms with Crippen LogP contribution in [0, 0.1) is 0 Å². The van der Waals surface area contributed by atoms with Crippen LogP contribution < -0.4 is 5.73 Å². The van der Waals surface area contributed by atoms with Gasteiger partial charge >= 0.3 is 0 Å². The lowest BCUT2D eigenvalue weighted by Crippen LogP contribution is -2.54. The summed E-state index contributed by atoms with van der Waals surface area (Å²) < 4.78 is 0. The second-order valence-corrected chi connectivity index (χ2v) is 5.17. The van der Waals surface area contributed by atoms with Crippen molar-refractivity contribution in [3.63, 3.8) is 0 Å². The molecule has 1 atom stereocenters. The molecule has 1 aliphatic heterocycles. The maximum atomic E-state index is 6.19. The van der Waals surface area contributed by atoms with Crippen LogP contribution in [-0.2, 0) is 0 Å². The fourth-order valence-corrected chi connectivity index (χ4v) is 2.89. The van der Waals surface area contributed by atoms with Gasteiger partial charge in [-0.3, -0.25) is 4.90 Å². The van der Waals surface area contributed by atoms with Gasteiger partial charge in [-0.2, -0.15) is 0 Å². The third-order valence-corrected chi connectivity index (χ3v) is 3.60. The molecule has 76 valence electrons. The zero-order valence-corrected chi connectivity index (χ0v) is 8.76. The van der Waals surface area contributed by atoms with Crippen molar-refractivity contribution >= 4 is 0 Å². The van der Waals surface area contributed by atoms with Gasteiger partial charge in [0.15, 0.2) is 0 Å². The van der Waals surface area contributed by atoms with Crippen molar-refractivity contribution in [3.05, 3.63) is 0 Å². The molecule has 0 aromatic heterocycles. The Morgan fingerprint density at radius 2 is 1.92 bits per heavy atom. The highest BCUT2D eigenvalue weighted by atomic mass is 15.2. The normalized spacial score (nSPS) is 38.3. The summed E-state index contributed by atoms with van der Waals surface area (Å²) in [6.07, 6.45) is 8.19. The molecular formula is C11H22N2. The molecule has 0 aromatic carbocycles. The van der Waals surface area contributed by atoms with Gasteiger partial charge < -0.3 is 5.73 Å². The second kappa shape index (κ2) is 3.58. The van der Waals surface area contributed by atoms with Gasteiger partial charge in [-0.1, -0.05) is 12.8 Å². The molecule has 2 fully saturated rings. The van der Waals surface area contributed by atoms with Crippen molar-refractivity contribution in [2.75, 3.05) is 13.1 Å². The lowest BCUT2D eigenvalue weighted by atomic mass is 9.91. The number of rotatable bonds is 1. The first-order valence-corrected chi connectivity index (χ1v) is 5.70. The van der Waals surface area contributed by atoms with Gasteiger partial charge in [0.2, 0.25) is 0 Å². The average molecular weight is 182 g/mol. The van der Waals surface area contributed by atoms with Gasteiger partial charge in [0, 0.05) is 18.1 Å². The van der Waals surface area contributed by atoms with Gasteiger partial charge in [0.05, 0.1) is 0 Å². The quantitative estimate of drug-likeness (QED) is 0.669. The van der Waals surface area contributed by atoms with Crippen molar-refractivity contribution in [2.45, 2.75) is 57.0 Å². The molecule has 0 bridgehead atoms. The number of hydrogen-bond donors (Lipinski definition) is 1. The number of likely N-dealkylation sites (tertiary alicyclic amines) is 1. The van der Waals surface area contributed by atoms with Gasteiger partial charge in [-0.25, -0.2) is 0 Å². The van der Waals surface area contributed by atoms with Crippen molar-refractivity contribution in [2.24, 2.45) is 5.73 Å². The molecule has 2 aliphatic rings. The van der Waals surface area contributed by atoms with E-state index in [2.05, 4.69) is 11.8 Å². The maximum Gasteiger partial charge on any atom is 0.0255 e. The van der Waals surface area contributed by atoms with Crippen LogP contribution in [0.3, 0.4) is 0 Å². The van der Waals surface area contributed by atoms with Crippen LogP contribution in [-0.4, -0.2) is 29.6 Å². The molecule has 2 nitrogen and oxygen atoms in total. The molecule has 1 unspecified atom stereocenters. The second-order valence-electron chi connectivity index (χ2n) is 5.17. The summed E-state index contributed by atoms with van der Waals surface area (Å²) in [5.41, 5.74) is 6.28. The van der Waals surface area contributed by atoms with Crippen molar-refractivity contribution in [3.8, 4) is 0 Å². The minimum absolute atomic E-state index is 0.0842. The standard InChI is InChI=1S/C11H22N2/c1-11(12)7-4-8-13(9-11)10-5-2-3-6-10/h10H,2-9,12H2,1H3. The minimum atomic E-state index is 0.0842. The molecule has 1 saturated heterocycles. The van der Waals surface area contributed by atoms with Crippen LogP contribution in [0.25, 0.3) is 0 Å². The van der Waals surface area contributed by atoms with Gasteiger partial charge in [-0.15, -0.1) is 0 Å². The summed E-state index contributed by atoms with van der Waals surface area (Å²) in [4.78, 5) is 2.64. The molecule has 0 amide bonds. The molecule has 0 radical (unpaired) electrons. The van der Waals surface area contributed by atoms with E-state index in [9.17, 15) is 0 Å². The van der Waals surface area contributed by atoms with Crippen LogP contribution in [0.15, 0.2) is 0 Å². The predicted molar refractivity (Wildman–Crippen MR) is 55.7 cm³/mol. The molecular weight excluding hydrogens is 160 g/mol. The molecule has 0 aromatic rings. The summed E-state index contributed by atoms with van der Waals surface area (Å²) in [7, 11) is 0. The van der Waals surface area contributed by atoms with E-state index in [0.29, 0.717) is 0 Å². The highest BCUT2D eigenvalue weighted by molar-refractivity contribution is 4.91. The van der Waals surface area contributed by atoms with Crippen molar-refractivity contribution < 1.29 is 0 Å². The first kappa shape index (κ1) is 9.47. The third kappa shape index (κ3) is 2.23. The fourth-order valence-electron chi connectivity index (χ4n) is 2.89. The van der Waals surface area contributed by atoms with Crippen LogP contribution in [0.5, 0.6) is 0 Å². The summed E-state index contributed by atoms with van der Waals surface area (Å²) in [5.74, 6) is 0. The lowest BCUT2D eigenvalue weighted by Gasteiger charge is -2.41. The monoisotopic (exact) mass is 182 g/mol. The Labute approximate surface area is 81.5 Å². The molecule has 2 rings (SSSR count). The first-order chi connectivity index (χ1) is 6.17. The Morgan fingerprint density at radius 1 is 1.23 bits per heavy atom. The molecule has 1 aliphatic carbocycles. The van der Waals surface area contributed by atoms with Crippen LogP contribution in [0.1, 0.15) is 45.4 Å². The van der Waals surface area contributed by atoms with Crippen molar-refractivity contribution in [1.82, 2.24) is 4.90 Å². The Morgan fingerprint density at radius 3 is 2.54 bits per heavy atom. The molecule has 2 heteroatoms. The number of hydrogen-bond acceptors (Lipinski definition) is 2. The van der Waals surface area contributed by atoms with Crippen LogP contribution in [0.4, 0.5) is 0 Å². The van der Waals surface area contributed by atoms with Crippen molar-refractivity contribution in [1.29, 1.82) is 0 Å². The zero-order chi connectivity index (χ0) is 9.31. The largest absolute Gasteiger partial charge is 0.324 e. The van der Waals surface area contributed by atoms with E-state index in [1.165, 1.54) is 45.1 Å². The highest BCUT2D eigenvalue weighted by Crippen LogP contribution is 2.28. The van der Waals surface area contributed by atoms with E-state index in [4.69, 9.17) is 5.73 Å². The van der Waals surface area contributed by atoms with Gasteiger partial charge in [0.1, 0.15) is 0 Å². The maximum absolute atomic E-state index is 6.19. The predicted octanol–water partition coefficient (Wildman–Crippen LogP) is 1.74. The highest BCUT2D eigenvalue weighted by Gasteiger charge is 2.31. The molecule has 1 heterocycles. The summed E-state index contributed by atoms with van der Waals surface area (Å²) in [6, 6.07) is 0.864. The fraction of sp³-hybridized carbons (Fsp3) is 1.00. The van der Waals surface area contributed by atoms with Crippen LogP contribution in [0.2, 0.25) is 0 Å². The minimum Gasteiger partial charge on any atom is -0.324 e. The van der Waals surface area contributed by atoms with E-state index in [0.717, 1.165) is 12.6 Å². The Bertz CT molecular complexity index is 171. The molecule has 13 heavy (non-hydrogen) atoms. The Balaban J connectivity index is 1.91. The third-order valence-electron chi connectivity index (χ3n) is 3.60. The Kier molecular flexibility index (Phi) is 2.61. The molecule has 2 N–H and O–H groups in total. The van der Waals surface area contributed by atoms with Gasteiger partial charge in [-0.05, 0) is 39.2 Å². The van der Waals surface area contributed by atoms with E-state index >= 15 is 0 Å².